The maximum atomic E-state index is 14.1. The Morgan fingerprint density at radius 1 is 0.897 bits per heavy atom. The highest BCUT2D eigenvalue weighted by atomic mass is 19.1. The highest BCUT2D eigenvalue weighted by Crippen LogP contribution is 2.30. The standard InChI is InChI=1S/C27H34FN9O2/c28-20-15-29-11-10-21(20)34-26(38)23-16-30-25-22(31-17-4-5-17)14-24(35-37(23)25)32-18-6-8-19(9-7-18)33-27(39)36-12-2-1-3-13-36/h10-11,14-19,31H,1-9,12-13H2,(H,32,35)(H,33,39)(H,29,34,38). The molecule has 4 N–H and O–H groups in total. The van der Waals surface area contributed by atoms with Crippen molar-refractivity contribution in [3.8, 4) is 0 Å². The number of pyridine rings is 1. The molecule has 0 radical (unpaired) electrons. The lowest BCUT2D eigenvalue weighted by Gasteiger charge is -2.33. The number of piperidine rings is 1. The molecule has 1 saturated heterocycles. The van der Waals surface area contributed by atoms with Crippen LogP contribution in [-0.4, -0.2) is 67.6 Å². The predicted molar refractivity (Wildman–Crippen MR) is 145 cm³/mol. The zero-order valence-corrected chi connectivity index (χ0v) is 21.8. The average molecular weight is 536 g/mol. The molecule has 4 heterocycles. The number of nitrogens with one attached hydrogen (secondary N) is 4. The molecule has 0 bridgehead atoms. The molecule has 2 saturated carbocycles. The van der Waals surface area contributed by atoms with E-state index in [0.717, 1.165) is 76.3 Å². The van der Waals surface area contributed by atoms with Gasteiger partial charge in [0.25, 0.3) is 5.91 Å². The van der Waals surface area contributed by atoms with Gasteiger partial charge in [-0.3, -0.25) is 9.78 Å². The zero-order chi connectivity index (χ0) is 26.8. The minimum absolute atomic E-state index is 0.0414. The summed E-state index contributed by atoms with van der Waals surface area (Å²) in [6, 6.07) is 4.16. The first-order valence-corrected chi connectivity index (χ1v) is 13.9. The van der Waals surface area contributed by atoms with E-state index < -0.39 is 11.7 Å². The van der Waals surface area contributed by atoms with Crippen LogP contribution in [-0.2, 0) is 0 Å². The summed E-state index contributed by atoms with van der Waals surface area (Å²) in [6.07, 6.45) is 13.0. The Hall–Kier alpha value is -3.96. The first-order valence-electron chi connectivity index (χ1n) is 13.9. The van der Waals surface area contributed by atoms with Crippen LogP contribution in [0.15, 0.2) is 30.7 Å². The third kappa shape index (κ3) is 5.89. The molecule has 3 aliphatic rings. The Bertz CT molecular complexity index is 1340. The number of halogens is 1. The van der Waals surface area contributed by atoms with Crippen LogP contribution in [0, 0.1) is 5.82 Å². The molecule has 39 heavy (non-hydrogen) atoms. The van der Waals surface area contributed by atoms with Gasteiger partial charge in [0.1, 0.15) is 5.82 Å². The molecule has 0 unspecified atom stereocenters. The summed E-state index contributed by atoms with van der Waals surface area (Å²) in [5.74, 6) is -0.498. The second-order valence-electron chi connectivity index (χ2n) is 10.7. The second-order valence-corrected chi connectivity index (χ2v) is 10.7. The van der Waals surface area contributed by atoms with Crippen molar-refractivity contribution in [2.24, 2.45) is 0 Å². The quantitative estimate of drug-likeness (QED) is 0.360. The van der Waals surface area contributed by atoms with Crippen LogP contribution in [0.2, 0.25) is 0 Å². The van der Waals surface area contributed by atoms with Gasteiger partial charge in [-0.15, -0.1) is 5.10 Å². The lowest BCUT2D eigenvalue weighted by atomic mass is 9.91. The van der Waals surface area contributed by atoms with Crippen LogP contribution < -0.4 is 21.3 Å². The van der Waals surface area contributed by atoms with Gasteiger partial charge in [-0.2, -0.15) is 0 Å². The van der Waals surface area contributed by atoms with Gasteiger partial charge < -0.3 is 26.2 Å². The van der Waals surface area contributed by atoms with E-state index >= 15 is 0 Å². The highest BCUT2D eigenvalue weighted by Gasteiger charge is 2.27. The van der Waals surface area contributed by atoms with Crippen molar-refractivity contribution in [1.82, 2.24) is 29.8 Å². The van der Waals surface area contributed by atoms with Gasteiger partial charge >= 0.3 is 6.03 Å². The molecule has 2 aliphatic carbocycles. The maximum absolute atomic E-state index is 14.1. The van der Waals surface area contributed by atoms with Gasteiger partial charge in [0.2, 0.25) is 0 Å². The van der Waals surface area contributed by atoms with Gasteiger partial charge in [-0.25, -0.2) is 18.7 Å². The van der Waals surface area contributed by atoms with E-state index in [4.69, 9.17) is 5.10 Å². The number of anilines is 3. The van der Waals surface area contributed by atoms with Crippen molar-refractivity contribution in [1.29, 1.82) is 0 Å². The number of hydrogen-bond acceptors (Lipinski definition) is 7. The van der Waals surface area contributed by atoms with E-state index in [2.05, 4.69) is 31.2 Å². The summed E-state index contributed by atoms with van der Waals surface area (Å²) in [5.41, 5.74) is 1.58. The molecule has 0 spiro atoms. The van der Waals surface area contributed by atoms with Crippen LogP contribution in [0.1, 0.15) is 68.3 Å². The molecular weight excluding hydrogens is 501 g/mol. The van der Waals surface area contributed by atoms with Crippen LogP contribution in [0.25, 0.3) is 5.65 Å². The Kier molecular flexibility index (Phi) is 7.16. The molecule has 12 heteroatoms. The van der Waals surface area contributed by atoms with Crippen molar-refractivity contribution in [3.05, 3.63) is 42.2 Å². The Morgan fingerprint density at radius 2 is 1.62 bits per heavy atom. The number of carbonyl (C=O) groups excluding carboxylic acids is 2. The number of aromatic nitrogens is 4. The fourth-order valence-electron chi connectivity index (χ4n) is 5.36. The Labute approximate surface area is 226 Å². The van der Waals surface area contributed by atoms with Crippen molar-refractivity contribution >= 4 is 34.8 Å². The molecular formula is C27H34FN9O2. The first kappa shape index (κ1) is 25.3. The van der Waals surface area contributed by atoms with Crippen LogP contribution in [0.5, 0.6) is 0 Å². The zero-order valence-electron chi connectivity index (χ0n) is 21.8. The van der Waals surface area contributed by atoms with Gasteiger partial charge in [0.15, 0.2) is 17.2 Å². The lowest BCUT2D eigenvalue weighted by molar-refractivity contribution is 0.102. The highest BCUT2D eigenvalue weighted by molar-refractivity contribution is 6.03. The monoisotopic (exact) mass is 535 g/mol. The van der Waals surface area contributed by atoms with E-state index in [0.29, 0.717) is 17.5 Å². The summed E-state index contributed by atoms with van der Waals surface area (Å²) in [6.45, 7) is 1.69. The first-order chi connectivity index (χ1) is 19.0. The van der Waals surface area contributed by atoms with E-state index in [1.807, 2.05) is 11.0 Å². The Morgan fingerprint density at radius 3 is 2.36 bits per heavy atom. The van der Waals surface area contributed by atoms with E-state index in [9.17, 15) is 14.0 Å². The molecule has 3 fully saturated rings. The number of carbonyl (C=O) groups is 2. The number of urea groups is 1. The summed E-state index contributed by atoms with van der Waals surface area (Å²) in [4.78, 5) is 35.8. The van der Waals surface area contributed by atoms with Crippen LogP contribution in [0.4, 0.5) is 26.4 Å². The van der Waals surface area contributed by atoms with Gasteiger partial charge in [-0.05, 0) is 63.9 Å². The summed E-state index contributed by atoms with van der Waals surface area (Å²) in [7, 11) is 0. The van der Waals surface area contributed by atoms with E-state index in [1.165, 1.54) is 29.4 Å². The van der Waals surface area contributed by atoms with Crippen molar-refractivity contribution < 1.29 is 14.0 Å². The average Bonchev–Trinajstić information content (AvgIpc) is 3.66. The number of hydrogen-bond donors (Lipinski definition) is 4. The second kappa shape index (κ2) is 11.0. The van der Waals surface area contributed by atoms with Gasteiger partial charge in [-0.1, -0.05) is 0 Å². The maximum Gasteiger partial charge on any atom is 0.317 e. The molecule has 206 valence electrons. The third-order valence-corrected chi connectivity index (χ3v) is 7.71. The van der Waals surface area contributed by atoms with Crippen LogP contribution in [0.3, 0.4) is 0 Å². The lowest BCUT2D eigenvalue weighted by Crippen LogP contribution is -2.48. The number of nitrogens with zero attached hydrogens (tertiary/aromatic N) is 5. The molecule has 3 aromatic rings. The molecule has 6 rings (SSSR count). The van der Waals surface area contributed by atoms with E-state index in [1.54, 1.807) is 0 Å². The van der Waals surface area contributed by atoms with Gasteiger partial charge in [0.05, 0.1) is 23.8 Å². The van der Waals surface area contributed by atoms with Gasteiger partial charge in [0, 0.05) is 43.5 Å². The molecule has 1 aliphatic heterocycles. The topological polar surface area (TPSA) is 129 Å². The summed E-state index contributed by atoms with van der Waals surface area (Å²) < 4.78 is 15.6. The third-order valence-electron chi connectivity index (χ3n) is 7.71. The molecule has 3 amide bonds. The number of rotatable bonds is 7. The molecule has 0 atom stereocenters. The molecule has 3 aromatic heterocycles. The smallest absolute Gasteiger partial charge is 0.317 e. The number of likely N-dealkylation sites (tertiary alicyclic amines) is 1. The molecule has 11 nitrogen and oxygen atoms in total. The number of imidazole rings is 1. The van der Waals surface area contributed by atoms with Crippen molar-refractivity contribution in [2.75, 3.05) is 29.0 Å². The van der Waals surface area contributed by atoms with Crippen molar-refractivity contribution in [3.63, 3.8) is 0 Å². The van der Waals surface area contributed by atoms with E-state index in [-0.39, 0.29) is 29.5 Å². The fraction of sp³-hybridized carbons (Fsp3) is 0.519. The fourth-order valence-corrected chi connectivity index (χ4v) is 5.36. The Balaban J connectivity index is 1.14. The predicted octanol–water partition coefficient (Wildman–Crippen LogP) is 4.01. The SMILES string of the molecule is O=C(Nc1ccncc1F)c1cnc2c(NC3CC3)cc(NC3CCC(NC(=O)N4CCCCC4)CC3)nn12. The van der Waals surface area contributed by atoms with Crippen molar-refractivity contribution in [2.45, 2.75) is 75.9 Å². The minimum Gasteiger partial charge on any atom is -0.379 e. The van der Waals surface area contributed by atoms with Crippen LogP contribution >= 0.6 is 0 Å². The summed E-state index contributed by atoms with van der Waals surface area (Å²) >= 11 is 0. The summed E-state index contributed by atoms with van der Waals surface area (Å²) in [5, 5.41) is 17.5. The number of amides is 3. The number of fused-ring (bicyclic) bond motifs is 1. The normalized spacial score (nSPS) is 21.4. The molecule has 0 aromatic carbocycles. The largest absolute Gasteiger partial charge is 0.379 e. The minimum atomic E-state index is -0.617.